The molecule has 1 aliphatic rings. The Bertz CT molecular complexity index is 786. The summed E-state index contributed by atoms with van der Waals surface area (Å²) in [7, 11) is 1.55. The molecule has 0 saturated heterocycles. The largest absolute Gasteiger partial charge is 0.448 e. The fourth-order valence-corrected chi connectivity index (χ4v) is 3.78. The Balaban J connectivity index is 1.78. The molecule has 0 fully saturated rings. The second kappa shape index (κ2) is 7.20. The molecule has 2 N–H and O–H groups in total. The highest BCUT2D eigenvalue weighted by Gasteiger charge is 2.32. The van der Waals surface area contributed by atoms with E-state index in [0.717, 1.165) is 11.1 Å². The summed E-state index contributed by atoms with van der Waals surface area (Å²) in [5.74, 6) is -0.625. The number of benzene rings is 2. The van der Waals surface area contributed by atoms with Gasteiger partial charge in [-0.25, -0.2) is 4.79 Å². The van der Waals surface area contributed by atoms with Crippen LogP contribution in [0.2, 0.25) is 0 Å². The molecule has 5 heteroatoms. The lowest BCUT2D eigenvalue weighted by atomic mass is 9.98. The van der Waals surface area contributed by atoms with Crippen LogP contribution in [0.3, 0.4) is 0 Å². The average Bonchev–Trinajstić information content (AvgIpc) is 2.93. The minimum absolute atomic E-state index is 0.00849. The molecule has 2 amide bonds. The number of primary amides is 1. The Morgan fingerprint density at radius 3 is 2.00 bits per heavy atom. The highest BCUT2D eigenvalue weighted by atomic mass is 16.6. The lowest BCUT2D eigenvalue weighted by molar-refractivity contribution is -0.123. The molecule has 1 atom stereocenters. The van der Waals surface area contributed by atoms with Crippen molar-refractivity contribution in [3.63, 3.8) is 0 Å². The molecular formula is C21H24N2O3. The number of hydrogen-bond acceptors (Lipinski definition) is 3. The average molecular weight is 352 g/mol. The quantitative estimate of drug-likeness (QED) is 0.896. The van der Waals surface area contributed by atoms with Gasteiger partial charge in [0.2, 0.25) is 5.91 Å². The summed E-state index contributed by atoms with van der Waals surface area (Å²) < 4.78 is 5.56. The Kier molecular flexibility index (Phi) is 4.98. The van der Waals surface area contributed by atoms with Crippen LogP contribution in [-0.4, -0.2) is 36.6 Å². The number of nitrogens with two attached hydrogens (primary N) is 1. The van der Waals surface area contributed by atoms with Gasteiger partial charge in [0.15, 0.2) is 0 Å². The number of carbonyl (C=O) groups is 2. The number of carbonyl (C=O) groups excluding carboxylic acids is 2. The van der Waals surface area contributed by atoms with E-state index in [2.05, 4.69) is 24.3 Å². The first kappa shape index (κ1) is 18.0. The second-order valence-corrected chi connectivity index (χ2v) is 7.01. The normalized spacial score (nSPS) is 13.8. The van der Waals surface area contributed by atoms with Gasteiger partial charge < -0.3 is 10.5 Å². The van der Waals surface area contributed by atoms with Crippen LogP contribution in [0, 0.1) is 5.92 Å². The zero-order valence-electron chi connectivity index (χ0n) is 15.3. The Hall–Kier alpha value is -2.82. The van der Waals surface area contributed by atoms with Crippen LogP contribution in [0.4, 0.5) is 4.79 Å². The number of hydrogen-bond donors (Lipinski definition) is 1. The molecule has 0 radical (unpaired) electrons. The summed E-state index contributed by atoms with van der Waals surface area (Å²) in [4.78, 5) is 25.4. The maximum atomic E-state index is 12.5. The van der Waals surface area contributed by atoms with Gasteiger partial charge in [0.1, 0.15) is 12.6 Å². The number of rotatable bonds is 5. The summed E-state index contributed by atoms with van der Waals surface area (Å²) in [6, 6.07) is 15.6. The monoisotopic (exact) mass is 352 g/mol. The lowest BCUT2D eigenvalue weighted by Gasteiger charge is -2.28. The van der Waals surface area contributed by atoms with Gasteiger partial charge >= 0.3 is 6.09 Å². The van der Waals surface area contributed by atoms with Crippen LogP contribution in [0.15, 0.2) is 48.5 Å². The molecule has 1 aliphatic carbocycles. The molecule has 2 aromatic rings. The van der Waals surface area contributed by atoms with Crippen LogP contribution < -0.4 is 5.73 Å². The van der Waals surface area contributed by atoms with Crippen LogP contribution in [0.5, 0.6) is 0 Å². The van der Waals surface area contributed by atoms with Crippen LogP contribution in [0.25, 0.3) is 11.1 Å². The van der Waals surface area contributed by atoms with Crippen molar-refractivity contribution < 1.29 is 14.3 Å². The van der Waals surface area contributed by atoms with Gasteiger partial charge in [0, 0.05) is 13.0 Å². The van der Waals surface area contributed by atoms with E-state index >= 15 is 0 Å². The Labute approximate surface area is 153 Å². The first-order chi connectivity index (χ1) is 12.4. The van der Waals surface area contributed by atoms with Crippen molar-refractivity contribution in [2.45, 2.75) is 25.8 Å². The summed E-state index contributed by atoms with van der Waals surface area (Å²) in [6.45, 7) is 3.92. The van der Waals surface area contributed by atoms with E-state index in [9.17, 15) is 9.59 Å². The molecule has 2 aromatic carbocycles. The highest BCUT2D eigenvalue weighted by Crippen LogP contribution is 2.44. The fraction of sp³-hybridized carbons (Fsp3) is 0.333. The van der Waals surface area contributed by atoms with Crippen molar-refractivity contribution >= 4 is 12.0 Å². The molecule has 0 heterocycles. The predicted octanol–water partition coefficient (Wildman–Crippen LogP) is 3.38. The number of fused-ring (bicyclic) bond motifs is 3. The molecule has 0 saturated carbocycles. The molecule has 0 bridgehead atoms. The molecular weight excluding hydrogens is 328 g/mol. The SMILES string of the molecule is CC(C)C(C(N)=O)N(C)C(=O)OCC1c2ccccc2-c2ccccc21. The van der Waals surface area contributed by atoms with Crippen molar-refractivity contribution in [1.29, 1.82) is 0 Å². The van der Waals surface area contributed by atoms with Crippen LogP contribution in [-0.2, 0) is 9.53 Å². The minimum Gasteiger partial charge on any atom is -0.448 e. The predicted molar refractivity (Wildman–Crippen MR) is 101 cm³/mol. The van der Waals surface area contributed by atoms with Gasteiger partial charge in [-0.2, -0.15) is 0 Å². The standard InChI is InChI=1S/C21H24N2O3/c1-13(2)19(20(22)24)23(3)21(25)26-12-18-16-10-6-4-8-14(16)15-9-5-7-11-17(15)18/h4-11,13,18-19H,12H2,1-3H3,(H2,22,24). The molecule has 3 rings (SSSR count). The first-order valence-corrected chi connectivity index (χ1v) is 8.79. The maximum absolute atomic E-state index is 12.5. The molecule has 0 spiro atoms. The van der Waals surface area contributed by atoms with Gasteiger partial charge in [-0.3, -0.25) is 9.69 Å². The zero-order valence-corrected chi connectivity index (χ0v) is 15.3. The van der Waals surface area contributed by atoms with E-state index in [1.165, 1.54) is 16.0 Å². The van der Waals surface area contributed by atoms with Gasteiger partial charge in [-0.05, 0) is 28.2 Å². The molecule has 0 aliphatic heterocycles. The summed E-state index contributed by atoms with van der Waals surface area (Å²) in [5.41, 5.74) is 10.1. The van der Waals surface area contributed by atoms with Crippen molar-refractivity contribution in [2.24, 2.45) is 11.7 Å². The van der Waals surface area contributed by atoms with Crippen molar-refractivity contribution in [2.75, 3.05) is 13.7 Å². The van der Waals surface area contributed by atoms with Crippen LogP contribution >= 0.6 is 0 Å². The third-order valence-corrected chi connectivity index (χ3v) is 4.96. The van der Waals surface area contributed by atoms with Crippen molar-refractivity contribution in [3.8, 4) is 11.1 Å². The van der Waals surface area contributed by atoms with Crippen LogP contribution in [0.1, 0.15) is 30.9 Å². The highest BCUT2D eigenvalue weighted by molar-refractivity contribution is 5.84. The van der Waals surface area contributed by atoms with Crippen molar-refractivity contribution in [1.82, 2.24) is 4.90 Å². The molecule has 5 nitrogen and oxygen atoms in total. The van der Waals surface area contributed by atoms with Gasteiger partial charge in [-0.1, -0.05) is 62.4 Å². The molecule has 1 unspecified atom stereocenters. The summed E-state index contributed by atoms with van der Waals surface area (Å²) >= 11 is 0. The second-order valence-electron chi connectivity index (χ2n) is 7.01. The van der Waals surface area contributed by atoms with Gasteiger partial charge in [0.05, 0.1) is 0 Å². The Morgan fingerprint density at radius 2 is 1.54 bits per heavy atom. The van der Waals surface area contributed by atoms with E-state index in [0.29, 0.717) is 0 Å². The fourth-order valence-electron chi connectivity index (χ4n) is 3.78. The minimum atomic E-state index is -0.689. The number of ether oxygens (including phenoxy) is 1. The third kappa shape index (κ3) is 3.17. The van der Waals surface area contributed by atoms with Crippen molar-refractivity contribution in [3.05, 3.63) is 59.7 Å². The topological polar surface area (TPSA) is 72.6 Å². The van der Waals surface area contributed by atoms with Gasteiger partial charge in [0.25, 0.3) is 0 Å². The lowest BCUT2D eigenvalue weighted by Crippen LogP contribution is -2.49. The zero-order chi connectivity index (χ0) is 18.8. The van der Waals surface area contributed by atoms with E-state index in [-0.39, 0.29) is 18.4 Å². The summed E-state index contributed by atoms with van der Waals surface area (Å²) in [6.07, 6.45) is -0.538. The molecule has 26 heavy (non-hydrogen) atoms. The summed E-state index contributed by atoms with van der Waals surface area (Å²) in [5, 5.41) is 0. The smallest absolute Gasteiger partial charge is 0.410 e. The molecule has 0 aromatic heterocycles. The number of nitrogens with zero attached hydrogens (tertiary/aromatic N) is 1. The van der Waals surface area contributed by atoms with E-state index in [4.69, 9.17) is 10.5 Å². The Morgan fingerprint density at radius 1 is 1.04 bits per heavy atom. The van der Waals surface area contributed by atoms with Gasteiger partial charge in [-0.15, -0.1) is 0 Å². The number of amides is 2. The number of likely N-dealkylation sites (N-methyl/N-ethyl adjacent to an activating group) is 1. The van der Waals surface area contributed by atoms with E-state index in [1.807, 2.05) is 38.1 Å². The van der Waals surface area contributed by atoms with E-state index < -0.39 is 18.0 Å². The molecule has 136 valence electrons. The third-order valence-electron chi connectivity index (χ3n) is 4.96. The van der Waals surface area contributed by atoms with E-state index in [1.54, 1.807) is 7.05 Å². The first-order valence-electron chi connectivity index (χ1n) is 8.79. The maximum Gasteiger partial charge on any atom is 0.410 e.